The van der Waals surface area contributed by atoms with Crippen molar-refractivity contribution in [1.29, 1.82) is 0 Å². The molecule has 1 atom stereocenters. The molecule has 2 aliphatic rings. The third-order valence-corrected chi connectivity index (χ3v) is 7.19. The fourth-order valence-corrected chi connectivity index (χ4v) is 5.10. The van der Waals surface area contributed by atoms with E-state index in [9.17, 15) is 4.79 Å². The molecule has 2 aromatic carbocycles. The van der Waals surface area contributed by atoms with E-state index < -0.39 is 0 Å². The van der Waals surface area contributed by atoms with Crippen LogP contribution in [-0.2, 0) is 4.74 Å². The number of pyridine rings is 1. The number of carbonyl (C=O) groups excluding carboxylic acids is 1. The molecule has 1 unspecified atom stereocenters. The van der Waals surface area contributed by atoms with Crippen LogP contribution in [0.4, 0.5) is 16.3 Å². The number of urea groups is 1. The highest BCUT2D eigenvalue weighted by atomic mass is 16.5. The lowest BCUT2D eigenvalue weighted by molar-refractivity contribution is 0.145. The maximum absolute atomic E-state index is 12.6. The summed E-state index contributed by atoms with van der Waals surface area (Å²) in [7, 11) is 1.66. The van der Waals surface area contributed by atoms with Gasteiger partial charge in [0.2, 0.25) is 0 Å². The molecule has 9 nitrogen and oxygen atoms in total. The number of piperidine rings is 1. The van der Waals surface area contributed by atoms with Crippen molar-refractivity contribution in [3.63, 3.8) is 0 Å². The molecular formula is C29H37N5O4. The summed E-state index contributed by atoms with van der Waals surface area (Å²) in [5.74, 6) is 2.35. The SMILES string of the molecule is COCCOc1cccc2c1C(Nc1ccc3cc(NC(=O)NC4CCN(C(C)C)CC4)ccc3n1)CO2. The van der Waals surface area contributed by atoms with Gasteiger partial charge in [-0.1, -0.05) is 6.07 Å². The zero-order valence-corrected chi connectivity index (χ0v) is 22.3. The summed E-state index contributed by atoms with van der Waals surface area (Å²) in [5, 5.41) is 10.5. The van der Waals surface area contributed by atoms with Gasteiger partial charge in [0.25, 0.3) is 0 Å². The summed E-state index contributed by atoms with van der Waals surface area (Å²) in [4.78, 5) is 19.8. The molecule has 1 aromatic heterocycles. The van der Waals surface area contributed by atoms with Crippen LogP contribution in [0.25, 0.3) is 10.9 Å². The average molecular weight is 520 g/mol. The highest BCUT2D eigenvalue weighted by Crippen LogP contribution is 2.40. The van der Waals surface area contributed by atoms with Crippen molar-refractivity contribution in [2.45, 2.75) is 44.8 Å². The van der Waals surface area contributed by atoms with E-state index in [0.717, 1.165) is 65.4 Å². The number of nitrogens with zero attached hydrogens (tertiary/aromatic N) is 2. The number of rotatable bonds is 9. The number of hydrogen-bond acceptors (Lipinski definition) is 7. The van der Waals surface area contributed by atoms with Crippen LogP contribution in [0.2, 0.25) is 0 Å². The second-order valence-electron chi connectivity index (χ2n) is 10.1. The van der Waals surface area contributed by atoms with E-state index in [1.54, 1.807) is 7.11 Å². The predicted molar refractivity (Wildman–Crippen MR) is 149 cm³/mol. The lowest BCUT2D eigenvalue weighted by Gasteiger charge is -2.34. The van der Waals surface area contributed by atoms with Crippen LogP contribution in [-0.4, -0.2) is 68.0 Å². The third-order valence-electron chi connectivity index (χ3n) is 7.19. The minimum absolute atomic E-state index is 0.0780. The van der Waals surface area contributed by atoms with Crippen molar-refractivity contribution < 1.29 is 19.0 Å². The van der Waals surface area contributed by atoms with Gasteiger partial charge in [0.1, 0.15) is 30.5 Å². The molecule has 5 rings (SSSR count). The Balaban J connectivity index is 1.20. The normalized spacial score (nSPS) is 17.7. The van der Waals surface area contributed by atoms with Gasteiger partial charge in [-0.05, 0) is 69.2 Å². The van der Waals surface area contributed by atoms with Crippen molar-refractivity contribution in [2.24, 2.45) is 0 Å². The molecule has 3 aromatic rings. The number of ether oxygens (including phenoxy) is 3. The highest BCUT2D eigenvalue weighted by Gasteiger charge is 2.28. The van der Waals surface area contributed by atoms with E-state index in [4.69, 9.17) is 19.2 Å². The van der Waals surface area contributed by atoms with E-state index in [-0.39, 0.29) is 18.1 Å². The van der Waals surface area contributed by atoms with Gasteiger partial charge in [0.15, 0.2) is 0 Å². The second-order valence-corrected chi connectivity index (χ2v) is 10.1. The van der Waals surface area contributed by atoms with E-state index >= 15 is 0 Å². The fraction of sp³-hybridized carbons (Fsp3) is 0.448. The lowest BCUT2D eigenvalue weighted by Crippen LogP contribution is -2.47. The first-order valence-electron chi connectivity index (χ1n) is 13.4. The van der Waals surface area contributed by atoms with Crippen LogP contribution >= 0.6 is 0 Å². The molecule has 0 aliphatic carbocycles. The minimum Gasteiger partial charge on any atom is -0.491 e. The number of anilines is 2. The van der Waals surface area contributed by atoms with Crippen LogP contribution in [0.1, 0.15) is 38.3 Å². The van der Waals surface area contributed by atoms with Gasteiger partial charge < -0.3 is 35.1 Å². The molecule has 3 heterocycles. The molecule has 0 saturated carbocycles. The van der Waals surface area contributed by atoms with E-state index in [2.05, 4.69) is 34.7 Å². The van der Waals surface area contributed by atoms with Gasteiger partial charge in [-0.2, -0.15) is 0 Å². The first-order valence-corrected chi connectivity index (χ1v) is 13.4. The number of aromatic nitrogens is 1. The number of hydrogen-bond donors (Lipinski definition) is 3. The molecule has 202 valence electrons. The topological polar surface area (TPSA) is 97.0 Å². The van der Waals surface area contributed by atoms with Crippen LogP contribution < -0.4 is 25.4 Å². The molecule has 2 amide bonds. The number of methoxy groups -OCH3 is 1. The smallest absolute Gasteiger partial charge is 0.319 e. The van der Waals surface area contributed by atoms with Crippen LogP contribution in [0.5, 0.6) is 11.5 Å². The average Bonchev–Trinajstić information content (AvgIpc) is 3.32. The molecule has 38 heavy (non-hydrogen) atoms. The number of likely N-dealkylation sites (tertiary alicyclic amines) is 1. The molecule has 0 spiro atoms. The molecule has 1 fully saturated rings. The first kappa shape index (κ1) is 26.1. The van der Waals surface area contributed by atoms with E-state index in [1.807, 2.05) is 48.5 Å². The van der Waals surface area contributed by atoms with E-state index in [1.165, 1.54) is 0 Å². The maximum Gasteiger partial charge on any atom is 0.319 e. The summed E-state index contributed by atoms with van der Waals surface area (Å²) in [6.07, 6.45) is 1.95. The highest BCUT2D eigenvalue weighted by molar-refractivity contribution is 5.93. The van der Waals surface area contributed by atoms with E-state index in [0.29, 0.717) is 25.9 Å². The zero-order chi connectivity index (χ0) is 26.5. The van der Waals surface area contributed by atoms with Gasteiger partial charge in [-0.15, -0.1) is 0 Å². The van der Waals surface area contributed by atoms with Crippen molar-refractivity contribution in [3.8, 4) is 11.5 Å². The molecule has 9 heteroatoms. The monoisotopic (exact) mass is 519 g/mol. The quantitative estimate of drug-likeness (QED) is 0.350. The zero-order valence-electron chi connectivity index (χ0n) is 22.3. The van der Waals surface area contributed by atoms with Gasteiger partial charge in [0.05, 0.1) is 23.7 Å². The number of benzene rings is 2. The molecule has 0 radical (unpaired) electrons. The number of fused-ring (bicyclic) bond motifs is 2. The summed E-state index contributed by atoms with van der Waals surface area (Å²) in [6, 6.07) is 16.1. The Morgan fingerprint density at radius 2 is 1.97 bits per heavy atom. The maximum atomic E-state index is 12.6. The van der Waals surface area contributed by atoms with Gasteiger partial charge in [-0.25, -0.2) is 9.78 Å². The third kappa shape index (κ3) is 6.11. The Hall–Kier alpha value is -3.56. The Kier molecular flexibility index (Phi) is 8.14. The fourth-order valence-electron chi connectivity index (χ4n) is 5.10. The molecule has 1 saturated heterocycles. The minimum atomic E-state index is -0.165. The summed E-state index contributed by atoms with van der Waals surface area (Å²) >= 11 is 0. The molecule has 3 N–H and O–H groups in total. The van der Waals surface area contributed by atoms with Crippen LogP contribution in [0.3, 0.4) is 0 Å². The van der Waals surface area contributed by atoms with Crippen molar-refractivity contribution in [1.82, 2.24) is 15.2 Å². The van der Waals surface area contributed by atoms with Crippen LogP contribution in [0, 0.1) is 0 Å². The lowest BCUT2D eigenvalue weighted by atomic mass is 10.0. The van der Waals surface area contributed by atoms with Gasteiger partial charge in [-0.3, -0.25) is 0 Å². The summed E-state index contributed by atoms with van der Waals surface area (Å²) in [6.45, 7) is 7.95. The Morgan fingerprint density at radius 3 is 2.76 bits per heavy atom. The summed E-state index contributed by atoms with van der Waals surface area (Å²) in [5.41, 5.74) is 2.57. The first-order chi connectivity index (χ1) is 18.5. The van der Waals surface area contributed by atoms with Gasteiger partial charge in [0, 0.05) is 43.4 Å². The number of nitrogens with one attached hydrogen (secondary N) is 3. The van der Waals surface area contributed by atoms with Crippen molar-refractivity contribution in [3.05, 3.63) is 54.1 Å². The second kappa shape index (κ2) is 11.9. The Labute approximate surface area is 223 Å². The van der Waals surface area contributed by atoms with Crippen molar-refractivity contribution in [2.75, 3.05) is 50.7 Å². The molecule has 2 aliphatic heterocycles. The van der Waals surface area contributed by atoms with Gasteiger partial charge >= 0.3 is 6.03 Å². The van der Waals surface area contributed by atoms with Crippen LogP contribution in [0.15, 0.2) is 48.5 Å². The largest absolute Gasteiger partial charge is 0.491 e. The van der Waals surface area contributed by atoms with Crippen molar-refractivity contribution >= 4 is 28.4 Å². The number of amides is 2. The standard InChI is InChI=1S/C29H37N5O4/c1-19(2)34-13-11-21(12-14-34)30-29(35)31-22-8-9-23-20(17-22)7-10-27(32-23)33-24-18-38-26-6-4-5-25(28(24)26)37-16-15-36-3/h4-10,17,19,21,24H,11-16,18H2,1-3H3,(H,32,33)(H2,30,31,35). The number of carbonyl (C=O) groups is 1. The molecule has 0 bridgehead atoms. The molecular weight excluding hydrogens is 482 g/mol. The Morgan fingerprint density at radius 1 is 1.13 bits per heavy atom. The summed E-state index contributed by atoms with van der Waals surface area (Å²) < 4.78 is 16.9. The predicted octanol–water partition coefficient (Wildman–Crippen LogP) is 4.80. The Bertz CT molecular complexity index is 1260.